The lowest BCUT2D eigenvalue weighted by atomic mass is 10.1. The lowest BCUT2D eigenvalue weighted by molar-refractivity contribution is 0.199. The molecule has 0 aromatic heterocycles. The van der Waals surface area contributed by atoms with Crippen LogP contribution in [0.2, 0.25) is 0 Å². The van der Waals surface area contributed by atoms with Gasteiger partial charge in [-0.05, 0) is 30.0 Å². The van der Waals surface area contributed by atoms with E-state index in [9.17, 15) is 0 Å². The molecule has 1 N–H and O–H groups in total. The molecule has 3 nitrogen and oxygen atoms in total. The van der Waals surface area contributed by atoms with Gasteiger partial charge in [-0.3, -0.25) is 0 Å². The first-order valence-corrected chi connectivity index (χ1v) is 7.13. The van der Waals surface area contributed by atoms with Gasteiger partial charge in [-0.2, -0.15) is 0 Å². The smallest absolute Gasteiger partial charge is 0.0587 e. The Labute approximate surface area is 118 Å². The Bertz CT molecular complexity index is 335. The highest BCUT2D eigenvalue weighted by atomic mass is 16.5. The molecule has 1 rings (SSSR count). The van der Waals surface area contributed by atoms with Crippen molar-refractivity contribution in [2.75, 3.05) is 38.8 Å². The molecule has 1 aromatic rings. The Hall–Kier alpha value is -1.06. The van der Waals surface area contributed by atoms with Crippen molar-refractivity contribution in [1.29, 1.82) is 0 Å². The monoisotopic (exact) mass is 264 g/mol. The van der Waals surface area contributed by atoms with Crippen LogP contribution < -0.4 is 10.2 Å². The summed E-state index contributed by atoms with van der Waals surface area (Å²) in [6, 6.07) is 8.79. The molecule has 0 bridgehead atoms. The van der Waals surface area contributed by atoms with Crippen LogP contribution in [0.5, 0.6) is 0 Å². The van der Waals surface area contributed by atoms with Gasteiger partial charge in [-0.1, -0.05) is 26.0 Å². The van der Waals surface area contributed by atoms with Crippen LogP contribution in [0.3, 0.4) is 0 Å². The molecule has 0 aliphatic rings. The third-order valence-corrected chi connectivity index (χ3v) is 3.23. The maximum Gasteiger partial charge on any atom is 0.0587 e. The number of ether oxygens (including phenoxy) is 1. The van der Waals surface area contributed by atoms with Gasteiger partial charge in [-0.15, -0.1) is 0 Å². The largest absolute Gasteiger partial charge is 0.383 e. The second kappa shape index (κ2) is 8.94. The van der Waals surface area contributed by atoms with Crippen molar-refractivity contribution < 1.29 is 4.74 Å². The zero-order chi connectivity index (χ0) is 14.1. The van der Waals surface area contributed by atoms with E-state index in [2.05, 4.69) is 55.4 Å². The average Bonchev–Trinajstić information content (AvgIpc) is 2.41. The van der Waals surface area contributed by atoms with Gasteiger partial charge in [0.15, 0.2) is 0 Å². The van der Waals surface area contributed by atoms with Crippen molar-refractivity contribution in [3.05, 3.63) is 29.8 Å². The topological polar surface area (TPSA) is 24.5 Å². The number of nitrogens with zero attached hydrogens (tertiary/aromatic N) is 1. The predicted molar refractivity (Wildman–Crippen MR) is 82.7 cm³/mol. The van der Waals surface area contributed by atoms with Crippen molar-refractivity contribution in [3.63, 3.8) is 0 Å². The van der Waals surface area contributed by atoms with Gasteiger partial charge in [0.25, 0.3) is 0 Å². The normalized spacial score (nSPS) is 11.0. The standard InChI is InChI=1S/C16H28N2O/c1-14(2)9-11-18(3)16-7-5-15(6-8-16)13-17-10-12-19-4/h5-8,14,17H,9-13H2,1-4H3. The van der Waals surface area contributed by atoms with E-state index in [1.165, 1.54) is 17.7 Å². The molecule has 0 spiro atoms. The number of hydrogen-bond acceptors (Lipinski definition) is 3. The molecule has 3 heteroatoms. The summed E-state index contributed by atoms with van der Waals surface area (Å²) in [4.78, 5) is 2.32. The van der Waals surface area contributed by atoms with Gasteiger partial charge in [0.1, 0.15) is 0 Å². The minimum absolute atomic E-state index is 0.756. The van der Waals surface area contributed by atoms with Crippen LogP contribution >= 0.6 is 0 Å². The van der Waals surface area contributed by atoms with E-state index in [1.54, 1.807) is 7.11 Å². The molecule has 0 aliphatic carbocycles. The van der Waals surface area contributed by atoms with Crippen molar-refractivity contribution in [1.82, 2.24) is 5.32 Å². The number of anilines is 1. The number of hydrogen-bond donors (Lipinski definition) is 1. The summed E-state index contributed by atoms with van der Waals surface area (Å²) in [5, 5.41) is 3.35. The molecule has 0 atom stereocenters. The van der Waals surface area contributed by atoms with Crippen LogP contribution in [0.1, 0.15) is 25.8 Å². The average molecular weight is 264 g/mol. The molecule has 0 fully saturated rings. The predicted octanol–water partition coefficient (Wildman–Crippen LogP) is 2.90. The van der Waals surface area contributed by atoms with E-state index < -0.39 is 0 Å². The fraction of sp³-hybridized carbons (Fsp3) is 0.625. The maximum atomic E-state index is 5.01. The summed E-state index contributed by atoms with van der Waals surface area (Å²) >= 11 is 0. The number of methoxy groups -OCH3 is 1. The van der Waals surface area contributed by atoms with Crippen LogP contribution in [-0.2, 0) is 11.3 Å². The fourth-order valence-corrected chi connectivity index (χ4v) is 1.86. The van der Waals surface area contributed by atoms with E-state index in [-0.39, 0.29) is 0 Å². The minimum Gasteiger partial charge on any atom is -0.383 e. The molecular weight excluding hydrogens is 236 g/mol. The molecule has 0 saturated carbocycles. The third kappa shape index (κ3) is 6.60. The first kappa shape index (κ1) is 16.0. The number of nitrogens with one attached hydrogen (secondary N) is 1. The lowest BCUT2D eigenvalue weighted by Gasteiger charge is -2.20. The Morgan fingerprint density at radius 1 is 1.21 bits per heavy atom. The summed E-state index contributed by atoms with van der Waals surface area (Å²) in [6.45, 7) is 8.20. The summed E-state index contributed by atoms with van der Waals surface area (Å²) in [6.07, 6.45) is 1.23. The summed E-state index contributed by atoms with van der Waals surface area (Å²) in [5.74, 6) is 0.756. The van der Waals surface area contributed by atoms with E-state index in [1.807, 2.05) is 0 Å². The van der Waals surface area contributed by atoms with Crippen LogP contribution in [0, 0.1) is 5.92 Å². The molecule has 0 unspecified atom stereocenters. The summed E-state index contributed by atoms with van der Waals surface area (Å²) in [7, 11) is 3.89. The molecule has 1 aromatic carbocycles. The molecular formula is C16H28N2O. The van der Waals surface area contributed by atoms with E-state index >= 15 is 0 Å². The second-order valence-corrected chi connectivity index (χ2v) is 5.44. The van der Waals surface area contributed by atoms with Crippen molar-refractivity contribution in [2.24, 2.45) is 5.92 Å². The van der Waals surface area contributed by atoms with E-state index in [0.717, 1.165) is 32.2 Å². The molecule has 0 aliphatic heterocycles. The molecule has 0 radical (unpaired) electrons. The van der Waals surface area contributed by atoms with Gasteiger partial charge >= 0.3 is 0 Å². The van der Waals surface area contributed by atoms with Crippen LogP contribution in [-0.4, -0.2) is 33.9 Å². The zero-order valence-corrected chi connectivity index (χ0v) is 12.8. The van der Waals surface area contributed by atoms with Gasteiger partial charge in [0.2, 0.25) is 0 Å². The fourth-order valence-electron chi connectivity index (χ4n) is 1.86. The number of benzene rings is 1. The Balaban J connectivity index is 2.37. The molecule has 108 valence electrons. The highest BCUT2D eigenvalue weighted by Crippen LogP contribution is 2.15. The maximum absolute atomic E-state index is 5.01. The second-order valence-electron chi connectivity index (χ2n) is 5.44. The lowest BCUT2D eigenvalue weighted by Crippen LogP contribution is -2.20. The highest BCUT2D eigenvalue weighted by Gasteiger charge is 2.02. The van der Waals surface area contributed by atoms with Gasteiger partial charge in [0, 0.05) is 39.5 Å². The van der Waals surface area contributed by atoms with Crippen molar-refractivity contribution >= 4 is 5.69 Å². The van der Waals surface area contributed by atoms with Gasteiger partial charge in [-0.25, -0.2) is 0 Å². The van der Waals surface area contributed by atoms with Crippen LogP contribution in [0.25, 0.3) is 0 Å². The first-order chi connectivity index (χ1) is 9.13. The van der Waals surface area contributed by atoms with Gasteiger partial charge < -0.3 is 15.0 Å². The SMILES string of the molecule is COCCNCc1ccc(N(C)CCC(C)C)cc1. The molecule has 0 saturated heterocycles. The third-order valence-electron chi connectivity index (χ3n) is 3.23. The molecule has 0 amide bonds. The quantitative estimate of drug-likeness (QED) is 0.694. The summed E-state index contributed by atoms with van der Waals surface area (Å²) < 4.78 is 5.01. The molecule has 0 heterocycles. The molecule has 19 heavy (non-hydrogen) atoms. The highest BCUT2D eigenvalue weighted by molar-refractivity contribution is 5.46. The Morgan fingerprint density at radius 2 is 1.89 bits per heavy atom. The zero-order valence-electron chi connectivity index (χ0n) is 12.8. The number of rotatable bonds is 9. The van der Waals surface area contributed by atoms with Gasteiger partial charge in [0.05, 0.1) is 6.61 Å². The van der Waals surface area contributed by atoms with E-state index in [0.29, 0.717) is 0 Å². The Morgan fingerprint density at radius 3 is 2.47 bits per heavy atom. The summed E-state index contributed by atoms with van der Waals surface area (Å²) in [5.41, 5.74) is 2.61. The first-order valence-electron chi connectivity index (χ1n) is 7.13. The van der Waals surface area contributed by atoms with Crippen LogP contribution in [0.4, 0.5) is 5.69 Å². The van der Waals surface area contributed by atoms with E-state index in [4.69, 9.17) is 4.74 Å². The van der Waals surface area contributed by atoms with Crippen molar-refractivity contribution in [2.45, 2.75) is 26.8 Å². The van der Waals surface area contributed by atoms with Crippen molar-refractivity contribution in [3.8, 4) is 0 Å². The van der Waals surface area contributed by atoms with Crippen LogP contribution in [0.15, 0.2) is 24.3 Å². The minimum atomic E-state index is 0.756. The Kier molecular flexibility index (Phi) is 7.53.